The zero-order valence-electron chi connectivity index (χ0n) is 27.9. The van der Waals surface area contributed by atoms with Crippen molar-refractivity contribution in [3.8, 4) is 11.1 Å². The molecule has 3 aromatic carbocycles. The maximum absolute atomic E-state index is 13.4. The third kappa shape index (κ3) is 6.98. The van der Waals surface area contributed by atoms with E-state index in [4.69, 9.17) is 0 Å². The molecule has 1 saturated heterocycles. The van der Waals surface area contributed by atoms with Gasteiger partial charge in [0.2, 0.25) is 5.91 Å². The van der Waals surface area contributed by atoms with Crippen molar-refractivity contribution >= 4 is 50.3 Å². The van der Waals surface area contributed by atoms with Gasteiger partial charge in [0.25, 0.3) is 11.5 Å². The van der Waals surface area contributed by atoms with Gasteiger partial charge in [0, 0.05) is 54.7 Å². The average Bonchev–Trinajstić information content (AvgIpc) is 3.53. The van der Waals surface area contributed by atoms with Crippen LogP contribution in [0.15, 0.2) is 96.4 Å². The van der Waals surface area contributed by atoms with Crippen molar-refractivity contribution in [2.24, 2.45) is 7.05 Å². The normalized spacial score (nSPS) is 13.6. The lowest BCUT2D eigenvalue weighted by Crippen LogP contribution is -2.42. The molecule has 1 fully saturated rings. The van der Waals surface area contributed by atoms with E-state index >= 15 is 0 Å². The van der Waals surface area contributed by atoms with Crippen LogP contribution in [0.2, 0.25) is 0 Å². The Bertz CT molecular complexity index is 2040. The fourth-order valence-electron chi connectivity index (χ4n) is 6.51. The summed E-state index contributed by atoms with van der Waals surface area (Å²) in [6.45, 7) is 7.40. The zero-order chi connectivity index (χ0) is 33.9. The molecule has 0 radical (unpaired) electrons. The minimum atomic E-state index is -0.274. The van der Waals surface area contributed by atoms with Crippen molar-refractivity contribution in [3.63, 3.8) is 0 Å². The number of aryl methyl sites for hydroxylation is 1. The Balaban J connectivity index is 1.27. The zero-order valence-corrected chi connectivity index (χ0v) is 28.7. The van der Waals surface area contributed by atoms with Crippen LogP contribution in [0.3, 0.4) is 0 Å². The van der Waals surface area contributed by atoms with Crippen LogP contribution < -0.4 is 21.1 Å². The van der Waals surface area contributed by atoms with E-state index in [1.54, 1.807) is 11.6 Å². The summed E-state index contributed by atoms with van der Waals surface area (Å²) < 4.78 is 2.68. The van der Waals surface area contributed by atoms with Gasteiger partial charge in [-0.05, 0) is 104 Å². The second-order valence-corrected chi connectivity index (χ2v) is 13.7. The fourth-order valence-corrected chi connectivity index (χ4v) is 7.47. The Labute approximate surface area is 285 Å². The van der Waals surface area contributed by atoms with Gasteiger partial charge >= 0.3 is 0 Å². The Kier molecular flexibility index (Phi) is 9.61. The summed E-state index contributed by atoms with van der Waals surface area (Å²) in [7, 11) is 6.00. The molecule has 0 spiro atoms. The van der Waals surface area contributed by atoms with Gasteiger partial charge in [-0.3, -0.25) is 14.4 Å². The molecule has 0 unspecified atom stereocenters. The first kappa shape index (κ1) is 32.9. The summed E-state index contributed by atoms with van der Waals surface area (Å²) in [5, 5.41) is 7.15. The smallest absolute Gasteiger partial charge is 0.265 e. The van der Waals surface area contributed by atoms with Crippen molar-refractivity contribution in [1.29, 1.82) is 0 Å². The number of aromatic nitrogens is 1. The predicted molar refractivity (Wildman–Crippen MR) is 199 cm³/mol. The van der Waals surface area contributed by atoms with Gasteiger partial charge in [-0.1, -0.05) is 43.0 Å². The number of piperidine rings is 1. The minimum absolute atomic E-state index is 0.0860. The first-order chi connectivity index (χ1) is 23.1. The quantitative estimate of drug-likeness (QED) is 0.165. The van der Waals surface area contributed by atoms with E-state index in [1.807, 2.05) is 85.9 Å². The highest BCUT2D eigenvalue weighted by Crippen LogP contribution is 2.33. The third-order valence-electron chi connectivity index (χ3n) is 9.23. The molecule has 0 bridgehead atoms. The Morgan fingerprint density at radius 1 is 0.979 bits per heavy atom. The van der Waals surface area contributed by atoms with E-state index in [0.29, 0.717) is 28.6 Å². The number of benzene rings is 3. The lowest BCUT2D eigenvalue weighted by Gasteiger charge is -2.37. The number of hydrogen-bond acceptors (Lipinski definition) is 6. The molecule has 1 aliphatic rings. The highest BCUT2D eigenvalue weighted by molar-refractivity contribution is 7.20. The number of anilines is 3. The van der Waals surface area contributed by atoms with Gasteiger partial charge in [-0.15, -0.1) is 11.3 Å². The molecule has 2 aromatic heterocycles. The minimum Gasteiger partial charge on any atom is -0.370 e. The third-order valence-corrected chi connectivity index (χ3v) is 10.3. The first-order valence-electron chi connectivity index (χ1n) is 16.2. The number of pyridine rings is 1. The average molecular weight is 660 g/mol. The summed E-state index contributed by atoms with van der Waals surface area (Å²) in [4.78, 5) is 44.3. The van der Waals surface area contributed by atoms with Crippen LogP contribution in [0.25, 0.3) is 21.2 Å². The lowest BCUT2D eigenvalue weighted by molar-refractivity contribution is -0.111. The molecule has 2 N–H and O–H groups in total. The van der Waals surface area contributed by atoms with Crippen LogP contribution in [0.5, 0.6) is 0 Å². The highest BCUT2D eigenvalue weighted by Gasteiger charge is 2.23. The molecule has 0 saturated carbocycles. The topological polar surface area (TPSA) is 86.7 Å². The SMILES string of the molecule is C=CC(=O)Nc1cc(Cc2cc(-c3cccc(NC(=O)c4cc5ccccc5s4)c3C)cn(C)c2=O)ccc1N1CCC(N(C)C)CC1. The second kappa shape index (κ2) is 14.0. The van der Waals surface area contributed by atoms with Crippen molar-refractivity contribution < 1.29 is 9.59 Å². The lowest BCUT2D eigenvalue weighted by atomic mass is 9.97. The number of nitrogens with one attached hydrogen (secondary N) is 2. The van der Waals surface area contributed by atoms with E-state index < -0.39 is 0 Å². The van der Waals surface area contributed by atoms with E-state index in [1.165, 1.54) is 17.4 Å². The molecule has 6 rings (SSSR count). The second-order valence-electron chi connectivity index (χ2n) is 12.7. The van der Waals surface area contributed by atoms with Gasteiger partial charge in [0.1, 0.15) is 0 Å². The first-order valence-corrected chi connectivity index (χ1v) is 17.0. The number of thiophene rings is 1. The van der Waals surface area contributed by atoms with E-state index in [9.17, 15) is 14.4 Å². The van der Waals surface area contributed by atoms with Gasteiger partial charge < -0.3 is 25.0 Å². The molecule has 1 aliphatic heterocycles. The molecule has 0 aliphatic carbocycles. The number of rotatable bonds is 9. The van der Waals surface area contributed by atoms with Crippen LogP contribution >= 0.6 is 11.3 Å². The summed E-state index contributed by atoms with van der Waals surface area (Å²) in [5.74, 6) is -0.424. The number of amides is 2. The van der Waals surface area contributed by atoms with Crippen molar-refractivity contribution in [2.45, 2.75) is 32.2 Å². The number of carbonyl (C=O) groups excluding carboxylic acids is 2. The fraction of sp³-hybridized carbons (Fsp3) is 0.256. The van der Waals surface area contributed by atoms with E-state index in [-0.39, 0.29) is 17.4 Å². The summed E-state index contributed by atoms with van der Waals surface area (Å²) >= 11 is 1.47. The number of fused-ring (bicyclic) bond motifs is 1. The molecule has 3 heterocycles. The molecule has 0 atom stereocenters. The van der Waals surface area contributed by atoms with Crippen LogP contribution in [-0.2, 0) is 18.3 Å². The standard InChI is InChI=1S/C39H41N5O3S/c1-6-37(45)40-33-21-26(14-15-34(33)44-18-16-30(17-19-44)42(3)4)20-28-22-29(24-43(5)39(28)47)31-11-9-12-32(25(31)2)41-38(46)36-23-27-10-7-8-13-35(27)48-36/h6-15,21-24,30H,1,16-20H2,2-5H3,(H,40,45)(H,41,46). The van der Waals surface area contributed by atoms with E-state index in [0.717, 1.165) is 69.6 Å². The summed E-state index contributed by atoms with van der Waals surface area (Å²) in [5.41, 5.74) is 6.58. The van der Waals surface area contributed by atoms with Crippen molar-refractivity contribution in [3.05, 3.63) is 124 Å². The van der Waals surface area contributed by atoms with Gasteiger partial charge in [-0.2, -0.15) is 0 Å². The number of nitrogens with zero attached hydrogens (tertiary/aromatic N) is 3. The molecule has 246 valence electrons. The van der Waals surface area contributed by atoms with Crippen LogP contribution in [0, 0.1) is 6.92 Å². The van der Waals surface area contributed by atoms with Crippen LogP contribution in [0.1, 0.15) is 39.2 Å². The molecular formula is C39H41N5O3S. The Morgan fingerprint density at radius 2 is 1.75 bits per heavy atom. The monoisotopic (exact) mass is 659 g/mol. The molecule has 9 heteroatoms. The maximum Gasteiger partial charge on any atom is 0.265 e. The Hall–Kier alpha value is -4.99. The van der Waals surface area contributed by atoms with Gasteiger partial charge in [0.05, 0.1) is 16.3 Å². The molecule has 5 aromatic rings. The largest absolute Gasteiger partial charge is 0.370 e. The van der Waals surface area contributed by atoms with Crippen molar-refractivity contribution in [2.75, 3.05) is 42.7 Å². The van der Waals surface area contributed by atoms with Crippen LogP contribution in [0.4, 0.5) is 17.1 Å². The molecule has 48 heavy (non-hydrogen) atoms. The molecule has 2 amide bonds. The molecular weight excluding hydrogens is 619 g/mol. The number of carbonyl (C=O) groups is 2. The maximum atomic E-state index is 13.4. The van der Waals surface area contributed by atoms with Gasteiger partial charge in [0.15, 0.2) is 0 Å². The van der Waals surface area contributed by atoms with Crippen LogP contribution in [-0.4, -0.2) is 54.5 Å². The molecule has 8 nitrogen and oxygen atoms in total. The van der Waals surface area contributed by atoms with E-state index in [2.05, 4.69) is 41.1 Å². The van der Waals surface area contributed by atoms with Crippen molar-refractivity contribution in [1.82, 2.24) is 9.47 Å². The number of hydrogen-bond donors (Lipinski definition) is 2. The summed E-state index contributed by atoms with van der Waals surface area (Å²) in [6.07, 6.45) is 5.59. The Morgan fingerprint density at radius 3 is 2.48 bits per heavy atom. The highest BCUT2D eigenvalue weighted by atomic mass is 32.1. The summed E-state index contributed by atoms with van der Waals surface area (Å²) in [6, 6.07) is 24.2. The van der Waals surface area contributed by atoms with Gasteiger partial charge in [-0.25, -0.2) is 0 Å². The predicted octanol–water partition coefficient (Wildman–Crippen LogP) is 7.07.